The summed E-state index contributed by atoms with van der Waals surface area (Å²) < 4.78 is 0.708. The van der Waals surface area contributed by atoms with E-state index >= 15 is 0 Å². The maximum absolute atomic E-state index is 12.5. The number of amides is 2. The Morgan fingerprint density at radius 3 is 2.65 bits per heavy atom. The molecule has 0 fully saturated rings. The third-order valence-electron chi connectivity index (χ3n) is 3.04. The Bertz CT molecular complexity index is 545. The van der Waals surface area contributed by atoms with Crippen molar-refractivity contribution in [3.05, 3.63) is 34.0 Å². The first-order chi connectivity index (χ1) is 10.8. The number of carbonyl (C=O) groups is 2. The summed E-state index contributed by atoms with van der Waals surface area (Å²) in [6, 6.07) is 3.85. The summed E-state index contributed by atoms with van der Waals surface area (Å²) in [7, 11) is 1.84. The highest BCUT2D eigenvalue weighted by Gasteiger charge is 2.20. The van der Waals surface area contributed by atoms with Gasteiger partial charge in [-0.2, -0.15) is 0 Å². The van der Waals surface area contributed by atoms with E-state index in [1.54, 1.807) is 11.0 Å². The van der Waals surface area contributed by atoms with Gasteiger partial charge in [0.25, 0.3) is 11.8 Å². The summed E-state index contributed by atoms with van der Waals surface area (Å²) >= 11 is 7.39. The minimum Gasteiger partial charge on any atom is -0.349 e. The Labute approximate surface area is 146 Å². The van der Waals surface area contributed by atoms with Crippen LogP contribution in [-0.2, 0) is 16.1 Å². The lowest BCUT2D eigenvalue weighted by molar-refractivity contribution is -0.863. The van der Waals surface area contributed by atoms with Gasteiger partial charge in [0, 0.05) is 17.5 Å². The second-order valence-corrected chi connectivity index (χ2v) is 7.60. The van der Waals surface area contributed by atoms with E-state index < -0.39 is 0 Å². The van der Waals surface area contributed by atoms with E-state index in [0.717, 1.165) is 9.78 Å². The van der Waals surface area contributed by atoms with Crippen LogP contribution in [0.5, 0.6) is 0 Å². The van der Waals surface area contributed by atoms with Gasteiger partial charge in [0.1, 0.15) is 0 Å². The first-order valence-electron chi connectivity index (χ1n) is 7.55. The van der Waals surface area contributed by atoms with Crippen LogP contribution in [0.4, 0.5) is 0 Å². The van der Waals surface area contributed by atoms with Crippen LogP contribution in [-0.4, -0.2) is 49.4 Å². The Morgan fingerprint density at radius 1 is 1.43 bits per heavy atom. The molecule has 2 amide bonds. The lowest BCUT2D eigenvalue weighted by atomic mass is 10.3. The van der Waals surface area contributed by atoms with Crippen LogP contribution < -0.4 is 10.2 Å². The molecule has 0 saturated carbocycles. The minimum absolute atomic E-state index is 0.00994. The van der Waals surface area contributed by atoms with Crippen LogP contribution in [0.15, 0.2) is 24.8 Å². The van der Waals surface area contributed by atoms with E-state index in [1.165, 1.54) is 11.3 Å². The molecule has 0 aromatic carbocycles. The van der Waals surface area contributed by atoms with Crippen molar-refractivity contribution in [2.45, 2.75) is 26.4 Å². The summed E-state index contributed by atoms with van der Waals surface area (Å²) in [5.41, 5.74) is 0. The molecule has 128 valence electrons. The zero-order valence-corrected chi connectivity index (χ0v) is 15.5. The standard InChI is InChI=1S/C16H24ClN3O2S/c1-5-8-20(9-13-6-7-14(17)23-13)16(22)11-19(4)10-15(21)18-12(2)3/h5-7,12H,1,8-11H2,2-4H3,(H,18,21)/p+1. The molecule has 1 rings (SSSR count). The highest BCUT2D eigenvalue weighted by atomic mass is 35.5. The molecule has 0 aliphatic heterocycles. The number of rotatable bonds is 9. The van der Waals surface area contributed by atoms with E-state index in [1.807, 2.05) is 33.0 Å². The molecule has 1 aromatic heterocycles. The Hall–Kier alpha value is -1.37. The molecular weight excluding hydrogens is 334 g/mol. The van der Waals surface area contributed by atoms with Gasteiger partial charge >= 0.3 is 0 Å². The van der Waals surface area contributed by atoms with Gasteiger partial charge in [-0.05, 0) is 26.0 Å². The molecule has 0 bridgehead atoms. The van der Waals surface area contributed by atoms with Gasteiger partial charge in [-0.1, -0.05) is 17.7 Å². The fraction of sp³-hybridized carbons (Fsp3) is 0.500. The van der Waals surface area contributed by atoms with Crippen LogP contribution >= 0.6 is 22.9 Å². The van der Waals surface area contributed by atoms with Gasteiger partial charge in [-0.15, -0.1) is 17.9 Å². The van der Waals surface area contributed by atoms with Crippen molar-refractivity contribution in [3.8, 4) is 0 Å². The van der Waals surface area contributed by atoms with Gasteiger partial charge in [0.2, 0.25) is 0 Å². The Balaban J connectivity index is 2.56. The molecule has 5 nitrogen and oxygen atoms in total. The molecule has 0 spiro atoms. The molecule has 2 N–H and O–H groups in total. The van der Waals surface area contributed by atoms with Crippen LogP contribution in [0.25, 0.3) is 0 Å². The quantitative estimate of drug-likeness (QED) is 0.646. The normalized spacial score (nSPS) is 12.0. The van der Waals surface area contributed by atoms with E-state index in [9.17, 15) is 9.59 Å². The molecule has 1 atom stereocenters. The number of halogens is 1. The first-order valence-corrected chi connectivity index (χ1v) is 8.74. The van der Waals surface area contributed by atoms with Crippen molar-refractivity contribution < 1.29 is 14.5 Å². The molecule has 1 heterocycles. The van der Waals surface area contributed by atoms with Crippen molar-refractivity contribution in [2.24, 2.45) is 0 Å². The predicted octanol–water partition coefficient (Wildman–Crippen LogP) is 0.955. The second-order valence-electron chi connectivity index (χ2n) is 5.80. The van der Waals surface area contributed by atoms with Crippen LogP contribution in [0.2, 0.25) is 4.34 Å². The maximum atomic E-state index is 12.5. The number of thiophene rings is 1. The number of hydrogen-bond acceptors (Lipinski definition) is 3. The molecular formula is C16H25ClN3O2S+. The third-order valence-corrected chi connectivity index (χ3v) is 4.26. The zero-order valence-electron chi connectivity index (χ0n) is 13.9. The molecule has 1 aromatic rings. The number of nitrogens with zero attached hydrogens (tertiary/aromatic N) is 1. The monoisotopic (exact) mass is 358 g/mol. The van der Waals surface area contributed by atoms with Crippen molar-refractivity contribution in [2.75, 3.05) is 26.7 Å². The molecule has 0 aliphatic rings. The summed E-state index contributed by atoms with van der Waals surface area (Å²) in [6.07, 6.45) is 1.70. The number of quaternary nitrogens is 1. The van der Waals surface area contributed by atoms with Crippen molar-refractivity contribution in [1.29, 1.82) is 0 Å². The van der Waals surface area contributed by atoms with Gasteiger partial charge in [-0.3, -0.25) is 9.59 Å². The van der Waals surface area contributed by atoms with Crippen molar-refractivity contribution in [1.82, 2.24) is 10.2 Å². The first kappa shape index (κ1) is 19.7. The summed E-state index contributed by atoms with van der Waals surface area (Å²) in [5, 5.41) is 2.83. The number of hydrogen-bond donors (Lipinski definition) is 2. The zero-order chi connectivity index (χ0) is 17.4. The third kappa shape index (κ3) is 7.63. The lowest BCUT2D eigenvalue weighted by Gasteiger charge is -2.22. The van der Waals surface area contributed by atoms with Crippen LogP contribution in [0, 0.1) is 0 Å². The number of likely N-dealkylation sites (N-methyl/N-ethyl adjacent to an activating group) is 1. The largest absolute Gasteiger partial charge is 0.349 e. The Morgan fingerprint density at radius 2 is 2.13 bits per heavy atom. The molecule has 23 heavy (non-hydrogen) atoms. The number of nitrogens with one attached hydrogen (secondary N) is 2. The van der Waals surface area contributed by atoms with Gasteiger partial charge in [-0.25, -0.2) is 0 Å². The second kappa shape index (κ2) is 9.70. The van der Waals surface area contributed by atoms with Gasteiger partial charge in [0.15, 0.2) is 13.1 Å². The lowest BCUT2D eigenvalue weighted by Crippen LogP contribution is -3.11. The molecule has 0 radical (unpaired) electrons. The summed E-state index contributed by atoms with van der Waals surface area (Å²) in [6.45, 7) is 9.05. The van der Waals surface area contributed by atoms with E-state index in [2.05, 4.69) is 11.9 Å². The molecule has 0 saturated heterocycles. The van der Waals surface area contributed by atoms with Gasteiger partial charge < -0.3 is 15.1 Å². The molecule has 0 aliphatic carbocycles. The smallest absolute Gasteiger partial charge is 0.278 e. The highest BCUT2D eigenvalue weighted by molar-refractivity contribution is 7.16. The topological polar surface area (TPSA) is 53.9 Å². The predicted molar refractivity (Wildman–Crippen MR) is 94.8 cm³/mol. The fourth-order valence-corrected chi connectivity index (χ4v) is 3.22. The Kier molecular flexibility index (Phi) is 8.30. The highest BCUT2D eigenvalue weighted by Crippen LogP contribution is 2.22. The molecule has 1 unspecified atom stereocenters. The summed E-state index contributed by atoms with van der Waals surface area (Å²) in [5.74, 6) is -0.0603. The van der Waals surface area contributed by atoms with Gasteiger partial charge in [0.05, 0.1) is 17.9 Å². The van der Waals surface area contributed by atoms with Crippen LogP contribution in [0.1, 0.15) is 18.7 Å². The SMILES string of the molecule is C=CCN(Cc1ccc(Cl)s1)C(=O)C[NH+](C)CC(=O)NC(C)C. The van der Waals surface area contributed by atoms with Crippen molar-refractivity contribution >= 4 is 34.8 Å². The minimum atomic E-state index is -0.0504. The van der Waals surface area contributed by atoms with E-state index in [0.29, 0.717) is 17.4 Å². The summed E-state index contributed by atoms with van der Waals surface area (Å²) in [4.78, 5) is 27.8. The average molecular weight is 359 g/mol. The van der Waals surface area contributed by atoms with E-state index in [-0.39, 0.29) is 30.9 Å². The maximum Gasteiger partial charge on any atom is 0.278 e. The van der Waals surface area contributed by atoms with E-state index in [4.69, 9.17) is 11.6 Å². The van der Waals surface area contributed by atoms with Crippen molar-refractivity contribution in [3.63, 3.8) is 0 Å². The number of carbonyl (C=O) groups excluding carboxylic acids is 2. The van der Waals surface area contributed by atoms with Crippen LogP contribution in [0.3, 0.4) is 0 Å². The fourth-order valence-electron chi connectivity index (χ4n) is 2.11. The molecule has 7 heteroatoms. The average Bonchev–Trinajstić information content (AvgIpc) is 2.82.